The molecule has 6 heteroatoms. The van der Waals surface area contributed by atoms with E-state index >= 15 is 0 Å². The fourth-order valence-corrected chi connectivity index (χ4v) is 1.41. The zero-order valence-corrected chi connectivity index (χ0v) is 10.7. The van der Waals surface area contributed by atoms with Gasteiger partial charge in [-0.1, -0.05) is 0 Å². The van der Waals surface area contributed by atoms with Gasteiger partial charge in [-0.15, -0.1) is 0 Å². The highest BCUT2D eigenvalue weighted by Crippen LogP contribution is 2.10. The molecule has 0 aliphatic carbocycles. The highest BCUT2D eigenvalue weighted by Gasteiger charge is 2.09. The third-order valence-corrected chi connectivity index (χ3v) is 2.46. The van der Waals surface area contributed by atoms with Gasteiger partial charge in [-0.3, -0.25) is 4.79 Å². The van der Waals surface area contributed by atoms with Crippen LogP contribution in [-0.2, 0) is 4.79 Å². The largest absolute Gasteiger partial charge is 0.478 e. The van der Waals surface area contributed by atoms with E-state index < -0.39 is 5.97 Å². The molecule has 1 rings (SSSR count). The molecule has 98 valence electrons. The van der Waals surface area contributed by atoms with E-state index in [-0.39, 0.29) is 11.5 Å². The monoisotopic (exact) mass is 251 g/mol. The molecule has 1 aromatic heterocycles. The predicted molar refractivity (Wildman–Crippen MR) is 67.7 cm³/mol. The number of aromatic carboxylic acids is 1. The molecule has 0 aromatic carbocycles. The van der Waals surface area contributed by atoms with E-state index in [1.165, 1.54) is 11.0 Å². The number of carbonyl (C=O) groups excluding carboxylic acids is 1. The molecule has 0 aliphatic rings. The molecule has 18 heavy (non-hydrogen) atoms. The number of carbonyl (C=O) groups is 2. The minimum Gasteiger partial charge on any atom is -0.478 e. The minimum absolute atomic E-state index is 0.0291. The van der Waals surface area contributed by atoms with Crippen molar-refractivity contribution < 1.29 is 14.7 Å². The van der Waals surface area contributed by atoms with Crippen molar-refractivity contribution in [1.29, 1.82) is 0 Å². The molecule has 1 aromatic rings. The second-order valence-corrected chi connectivity index (χ2v) is 4.10. The Morgan fingerprint density at radius 2 is 2.06 bits per heavy atom. The summed E-state index contributed by atoms with van der Waals surface area (Å²) in [5.41, 5.74) is 0.636. The Morgan fingerprint density at radius 3 is 2.56 bits per heavy atom. The summed E-state index contributed by atoms with van der Waals surface area (Å²) in [5, 5.41) is 11.8. The molecule has 0 aliphatic heterocycles. The zero-order valence-electron chi connectivity index (χ0n) is 10.7. The number of amides is 1. The van der Waals surface area contributed by atoms with E-state index in [1.807, 2.05) is 0 Å². The van der Waals surface area contributed by atoms with Crippen LogP contribution in [0.4, 0.5) is 5.82 Å². The van der Waals surface area contributed by atoms with Gasteiger partial charge in [0.05, 0.1) is 11.3 Å². The first-order valence-electron chi connectivity index (χ1n) is 5.56. The van der Waals surface area contributed by atoms with Crippen LogP contribution in [0.25, 0.3) is 0 Å². The molecule has 2 N–H and O–H groups in total. The Hall–Kier alpha value is -2.11. The lowest BCUT2D eigenvalue weighted by molar-refractivity contribution is -0.128. The summed E-state index contributed by atoms with van der Waals surface area (Å²) in [4.78, 5) is 27.8. The number of aromatic nitrogens is 1. The molecule has 0 saturated heterocycles. The van der Waals surface area contributed by atoms with E-state index in [1.54, 1.807) is 27.1 Å². The summed E-state index contributed by atoms with van der Waals surface area (Å²) in [5.74, 6) is -0.389. The van der Waals surface area contributed by atoms with Gasteiger partial charge >= 0.3 is 5.97 Å². The van der Waals surface area contributed by atoms with Gasteiger partial charge < -0.3 is 15.3 Å². The maximum atomic E-state index is 11.3. The van der Waals surface area contributed by atoms with E-state index in [2.05, 4.69) is 10.3 Å². The van der Waals surface area contributed by atoms with Gasteiger partial charge in [0.1, 0.15) is 5.82 Å². The summed E-state index contributed by atoms with van der Waals surface area (Å²) < 4.78 is 0. The summed E-state index contributed by atoms with van der Waals surface area (Å²) in [6.07, 6.45) is 0.369. The maximum absolute atomic E-state index is 11.3. The van der Waals surface area contributed by atoms with Crippen molar-refractivity contribution >= 4 is 17.7 Å². The van der Waals surface area contributed by atoms with E-state index in [0.29, 0.717) is 24.5 Å². The fourth-order valence-electron chi connectivity index (χ4n) is 1.41. The first-order valence-corrected chi connectivity index (χ1v) is 5.56. The Bertz CT molecular complexity index is 458. The molecule has 0 fully saturated rings. The van der Waals surface area contributed by atoms with Crippen molar-refractivity contribution in [1.82, 2.24) is 9.88 Å². The number of anilines is 1. The molecule has 0 spiro atoms. The topological polar surface area (TPSA) is 82.5 Å². The standard InChI is InChI=1S/C12H17N3O3/c1-8-9(12(17)18)4-5-10(14-8)13-7-6-11(16)15(2)3/h4-5H,6-7H2,1-3H3,(H,13,14)(H,17,18). The van der Waals surface area contributed by atoms with Crippen LogP contribution in [0.5, 0.6) is 0 Å². The highest BCUT2D eigenvalue weighted by molar-refractivity contribution is 5.89. The van der Waals surface area contributed by atoms with Crippen molar-refractivity contribution in [2.75, 3.05) is 26.0 Å². The van der Waals surface area contributed by atoms with Gasteiger partial charge in [0.25, 0.3) is 0 Å². The van der Waals surface area contributed by atoms with Crippen molar-refractivity contribution in [2.45, 2.75) is 13.3 Å². The van der Waals surface area contributed by atoms with Gasteiger partial charge in [0.15, 0.2) is 0 Å². The van der Waals surface area contributed by atoms with Gasteiger partial charge in [-0.25, -0.2) is 9.78 Å². The number of nitrogens with one attached hydrogen (secondary N) is 1. The molecule has 6 nitrogen and oxygen atoms in total. The van der Waals surface area contributed by atoms with Crippen LogP contribution in [0.15, 0.2) is 12.1 Å². The quantitative estimate of drug-likeness (QED) is 0.815. The second-order valence-electron chi connectivity index (χ2n) is 4.10. The van der Waals surface area contributed by atoms with Crippen LogP contribution in [0, 0.1) is 6.92 Å². The molecule has 0 atom stereocenters. The average Bonchev–Trinajstić information content (AvgIpc) is 2.28. The van der Waals surface area contributed by atoms with E-state index in [0.717, 1.165) is 0 Å². The second kappa shape index (κ2) is 6.00. The maximum Gasteiger partial charge on any atom is 0.337 e. The molecule has 0 saturated carbocycles. The van der Waals surface area contributed by atoms with Crippen LogP contribution in [0.3, 0.4) is 0 Å². The highest BCUT2D eigenvalue weighted by atomic mass is 16.4. The number of hydrogen-bond acceptors (Lipinski definition) is 4. The van der Waals surface area contributed by atoms with Crippen LogP contribution in [0.2, 0.25) is 0 Å². The molecular weight excluding hydrogens is 234 g/mol. The lowest BCUT2D eigenvalue weighted by Crippen LogP contribution is -2.24. The number of hydrogen-bond donors (Lipinski definition) is 2. The molecular formula is C12H17N3O3. The molecule has 0 bridgehead atoms. The number of carboxylic acid groups (broad SMARTS) is 1. The first-order chi connectivity index (χ1) is 8.41. The van der Waals surface area contributed by atoms with Crippen molar-refractivity contribution in [3.8, 4) is 0 Å². The third-order valence-electron chi connectivity index (χ3n) is 2.46. The summed E-state index contributed by atoms with van der Waals surface area (Å²) in [7, 11) is 3.40. The smallest absolute Gasteiger partial charge is 0.337 e. The Balaban J connectivity index is 2.57. The lowest BCUT2D eigenvalue weighted by Gasteiger charge is -2.11. The first kappa shape index (κ1) is 14.0. The zero-order chi connectivity index (χ0) is 13.7. The fraction of sp³-hybridized carbons (Fsp3) is 0.417. The number of carboxylic acids is 1. The number of rotatable bonds is 5. The van der Waals surface area contributed by atoms with Crippen LogP contribution >= 0.6 is 0 Å². The van der Waals surface area contributed by atoms with Gasteiger partial charge in [0.2, 0.25) is 5.91 Å². The average molecular weight is 251 g/mol. The predicted octanol–water partition coefficient (Wildman–Crippen LogP) is 0.978. The number of aryl methyl sites for hydroxylation is 1. The van der Waals surface area contributed by atoms with Gasteiger partial charge in [0, 0.05) is 27.1 Å². The molecule has 0 radical (unpaired) electrons. The van der Waals surface area contributed by atoms with E-state index in [9.17, 15) is 9.59 Å². The van der Waals surface area contributed by atoms with Gasteiger partial charge in [-0.2, -0.15) is 0 Å². The van der Waals surface area contributed by atoms with Crippen LogP contribution < -0.4 is 5.32 Å². The van der Waals surface area contributed by atoms with Crippen molar-refractivity contribution in [3.63, 3.8) is 0 Å². The minimum atomic E-state index is -0.991. The Morgan fingerprint density at radius 1 is 1.39 bits per heavy atom. The van der Waals surface area contributed by atoms with Crippen molar-refractivity contribution in [3.05, 3.63) is 23.4 Å². The number of nitrogens with zero attached hydrogens (tertiary/aromatic N) is 2. The third kappa shape index (κ3) is 3.73. The molecule has 1 heterocycles. The molecule has 1 amide bonds. The normalized spacial score (nSPS) is 9.94. The summed E-state index contributed by atoms with van der Waals surface area (Å²) >= 11 is 0. The van der Waals surface area contributed by atoms with Crippen molar-refractivity contribution in [2.24, 2.45) is 0 Å². The molecule has 0 unspecified atom stereocenters. The van der Waals surface area contributed by atoms with E-state index in [4.69, 9.17) is 5.11 Å². The Labute approximate surface area is 106 Å². The SMILES string of the molecule is Cc1nc(NCCC(=O)N(C)C)ccc1C(=O)O. The lowest BCUT2D eigenvalue weighted by atomic mass is 10.2. The van der Waals surface area contributed by atoms with Crippen LogP contribution in [0.1, 0.15) is 22.5 Å². The summed E-state index contributed by atoms with van der Waals surface area (Å²) in [6.45, 7) is 2.11. The summed E-state index contributed by atoms with van der Waals surface area (Å²) in [6, 6.07) is 3.09. The Kier molecular flexibility index (Phi) is 4.65. The van der Waals surface area contributed by atoms with Crippen LogP contribution in [-0.4, -0.2) is 47.5 Å². The number of pyridine rings is 1. The van der Waals surface area contributed by atoms with Gasteiger partial charge in [-0.05, 0) is 19.1 Å².